The van der Waals surface area contributed by atoms with Gasteiger partial charge in [0.25, 0.3) is 5.91 Å². The van der Waals surface area contributed by atoms with Gasteiger partial charge in [-0.25, -0.2) is 0 Å². The zero-order valence-electron chi connectivity index (χ0n) is 17.7. The van der Waals surface area contributed by atoms with Crippen LogP contribution in [0.2, 0.25) is 5.02 Å². The van der Waals surface area contributed by atoms with Crippen molar-refractivity contribution in [3.05, 3.63) is 52.5 Å². The van der Waals surface area contributed by atoms with E-state index in [4.69, 9.17) is 11.6 Å². The molecule has 162 valence electrons. The van der Waals surface area contributed by atoms with E-state index in [0.717, 1.165) is 29.5 Å². The van der Waals surface area contributed by atoms with Crippen molar-refractivity contribution >= 4 is 50.7 Å². The van der Waals surface area contributed by atoms with Gasteiger partial charge in [-0.05, 0) is 67.5 Å². The largest absolute Gasteiger partial charge is 0.351 e. The van der Waals surface area contributed by atoms with Crippen LogP contribution in [0.1, 0.15) is 50.0 Å². The Bertz CT molecular complexity index is 1150. The van der Waals surface area contributed by atoms with Gasteiger partial charge >= 0.3 is 0 Å². The van der Waals surface area contributed by atoms with Crippen LogP contribution in [0, 0.1) is 5.92 Å². The lowest BCUT2D eigenvalue weighted by Crippen LogP contribution is -2.65. The standard InChI is InChI=1S/C24H26ClN3O2S/c1-15-5-3-4-6-18(15)26-23(30)24(2)14-27-19-11-12-31-21(19)13-20(27)22(29)28(24)17-9-7-16(25)8-10-17/h7-13,15,18H,3-6,14H2,1-2H3,(H,26,30)/t15-,18+,24-/m1/s1. The Morgan fingerprint density at radius 3 is 2.68 bits per heavy atom. The van der Waals surface area contributed by atoms with Gasteiger partial charge in [0.15, 0.2) is 0 Å². The normalized spacial score (nSPS) is 26.2. The number of anilines is 1. The summed E-state index contributed by atoms with van der Waals surface area (Å²) >= 11 is 7.71. The molecule has 7 heteroatoms. The predicted octanol–water partition coefficient (Wildman–Crippen LogP) is 5.47. The molecule has 3 atom stereocenters. The molecule has 1 N–H and O–H groups in total. The topological polar surface area (TPSA) is 54.3 Å². The molecule has 0 unspecified atom stereocenters. The summed E-state index contributed by atoms with van der Waals surface area (Å²) in [4.78, 5) is 29.2. The molecule has 2 amide bonds. The number of thiophene rings is 1. The van der Waals surface area contributed by atoms with Crippen LogP contribution in [-0.4, -0.2) is 28.0 Å². The van der Waals surface area contributed by atoms with Crippen LogP contribution in [0.15, 0.2) is 41.8 Å². The van der Waals surface area contributed by atoms with Crippen molar-refractivity contribution in [2.75, 3.05) is 4.90 Å². The Labute approximate surface area is 191 Å². The second kappa shape index (κ2) is 7.68. The van der Waals surface area contributed by atoms with Crippen molar-refractivity contribution in [1.29, 1.82) is 0 Å². The van der Waals surface area contributed by atoms with Crippen molar-refractivity contribution in [3.63, 3.8) is 0 Å². The van der Waals surface area contributed by atoms with Crippen molar-refractivity contribution in [2.24, 2.45) is 5.92 Å². The lowest BCUT2D eigenvalue weighted by Gasteiger charge is -2.45. The Morgan fingerprint density at radius 2 is 1.94 bits per heavy atom. The van der Waals surface area contributed by atoms with Crippen LogP contribution >= 0.6 is 22.9 Å². The predicted molar refractivity (Wildman–Crippen MR) is 126 cm³/mol. The summed E-state index contributed by atoms with van der Waals surface area (Å²) in [6, 6.07) is 11.3. The van der Waals surface area contributed by atoms with Crippen molar-refractivity contribution in [1.82, 2.24) is 9.88 Å². The van der Waals surface area contributed by atoms with E-state index < -0.39 is 5.54 Å². The minimum Gasteiger partial charge on any atom is -0.351 e. The lowest BCUT2D eigenvalue weighted by molar-refractivity contribution is -0.127. The van der Waals surface area contributed by atoms with Gasteiger partial charge in [-0.2, -0.15) is 0 Å². The molecule has 0 spiro atoms. The number of nitrogens with zero attached hydrogens (tertiary/aromatic N) is 2. The highest BCUT2D eigenvalue weighted by molar-refractivity contribution is 7.17. The number of hydrogen-bond acceptors (Lipinski definition) is 3. The summed E-state index contributed by atoms with van der Waals surface area (Å²) in [5.74, 6) is 0.180. The zero-order valence-corrected chi connectivity index (χ0v) is 19.3. The Morgan fingerprint density at radius 1 is 1.19 bits per heavy atom. The summed E-state index contributed by atoms with van der Waals surface area (Å²) < 4.78 is 3.06. The highest BCUT2D eigenvalue weighted by Crippen LogP contribution is 2.38. The van der Waals surface area contributed by atoms with Gasteiger partial charge in [0, 0.05) is 16.8 Å². The fourth-order valence-corrected chi connectivity index (χ4v) is 6.01. The third-order valence-electron chi connectivity index (χ3n) is 6.91. The van der Waals surface area contributed by atoms with Crippen LogP contribution in [0.3, 0.4) is 0 Å². The lowest BCUT2D eigenvalue weighted by atomic mass is 9.85. The molecule has 1 fully saturated rings. The SMILES string of the molecule is C[C@@H]1CCCC[C@@H]1NC(=O)[C@@]1(C)Cn2c(cc3sccc32)C(=O)N1c1ccc(Cl)cc1. The molecule has 1 saturated carbocycles. The van der Waals surface area contributed by atoms with Crippen LogP contribution in [0.4, 0.5) is 5.69 Å². The fraction of sp³-hybridized carbons (Fsp3) is 0.417. The maximum atomic E-state index is 13.8. The maximum Gasteiger partial charge on any atom is 0.275 e. The van der Waals surface area contributed by atoms with E-state index in [1.165, 1.54) is 6.42 Å². The van der Waals surface area contributed by atoms with Crippen LogP contribution in [-0.2, 0) is 11.3 Å². The first-order valence-corrected chi connectivity index (χ1v) is 12.1. The molecule has 3 heterocycles. The number of halogens is 1. The molecule has 5 nitrogen and oxygen atoms in total. The molecule has 1 aliphatic carbocycles. The molecule has 1 aromatic carbocycles. The fourth-order valence-electron chi connectivity index (χ4n) is 5.06. The summed E-state index contributed by atoms with van der Waals surface area (Å²) in [7, 11) is 0. The van der Waals surface area contributed by atoms with Crippen LogP contribution < -0.4 is 10.2 Å². The monoisotopic (exact) mass is 455 g/mol. The van der Waals surface area contributed by atoms with E-state index in [1.54, 1.807) is 28.4 Å². The smallest absolute Gasteiger partial charge is 0.275 e. The van der Waals surface area contributed by atoms with Crippen LogP contribution in [0.5, 0.6) is 0 Å². The molecule has 3 aromatic rings. The first-order valence-electron chi connectivity index (χ1n) is 10.9. The van der Waals surface area contributed by atoms with E-state index in [-0.39, 0.29) is 17.9 Å². The van der Waals surface area contributed by atoms with Gasteiger partial charge in [0.05, 0.1) is 16.8 Å². The summed E-state index contributed by atoms with van der Waals surface area (Å²) in [5, 5.41) is 5.93. The average molecular weight is 456 g/mol. The molecule has 0 radical (unpaired) electrons. The summed E-state index contributed by atoms with van der Waals surface area (Å²) in [6.07, 6.45) is 4.45. The number of carbonyl (C=O) groups excluding carboxylic acids is 2. The number of nitrogens with one attached hydrogen (secondary N) is 1. The second-order valence-electron chi connectivity index (χ2n) is 9.02. The van der Waals surface area contributed by atoms with E-state index >= 15 is 0 Å². The quantitative estimate of drug-likeness (QED) is 0.569. The number of carbonyl (C=O) groups is 2. The van der Waals surface area contributed by atoms with E-state index in [0.29, 0.717) is 28.9 Å². The van der Waals surface area contributed by atoms with Crippen molar-refractivity contribution in [3.8, 4) is 0 Å². The van der Waals surface area contributed by atoms with E-state index in [2.05, 4.69) is 12.2 Å². The summed E-state index contributed by atoms with van der Waals surface area (Å²) in [5.41, 5.74) is 1.25. The number of benzene rings is 1. The molecular formula is C24H26ClN3O2S. The Kier molecular flexibility index (Phi) is 5.10. The molecule has 2 aliphatic rings. The highest BCUT2D eigenvalue weighted by atomic mass is 35.5. The number of aromatic nitrogens is 1. The van der Waals surface area contributed by atoms with Crippen LogP contribution in [0.25, 0.3) is 10.2 Å². The van der Waals surface area contributed by atoms with Gasteiger partial charge in [0.1, 0.15) is 11.2 Å². The van der Waals surface area contributed by atoms with Crippen molar-refractivity contribution in [2.45, 2.75) is 57.7 Å². The van der Waals surface area contributed by atoms with E-state index in [9.17, 15) is 9.59 Å². The molecule has 31 heavy (non-hydrogen) atoms. The second-order valence-corrected chi connectivity index (χ2v) is 10.4. The molecule has 0 bridgehead atoms. The first kappa shape index (κ1) is 20.6. The minimum atomic E-state index is -1.05. The number of hydrogen-bond donors (Lipinski definition) is 1. The third kappa shape index (κ3) is 3.37. The van der Waals surface area contributed by atoms with Crippen molar-refractivity contribution < 1.29 is 9.59 Å². The zero-order chi connectivity index (χ0) is 21.8. The molecular weight excluding hydrogens is 430 g/mol. The van der Waals surface area contributed by atoms with E-state index in [1.807, 2.05) is 41.1 Å². The minimum absolute atomic E-state index is 0.0997. The Hall–Kier alpha value is -2.31. The molecule has 5 rings (SSSR count). The maximum absolute atomic E-state index is 13.8. The van der Waals surface area contributed by atoms with Gasteiger partial charge in [0.2, 0.25) is 5.91 Å². The number of rotatable bonds is 3. The molecule has 1 aliphatic heterocycles. The van der Waals surface area contributed by atoms with Gasteiger partial charge in [-0.15, -0.1) is 11.3 Å². The van der Waals surface area contributed by atoms with Gasteiger partial charge < -0.3 is 9.88 Å². The Balaban J connectivity index is 1.59. The van der Waals surface area contributed by atoms with Gasteiger partial charge in [-0.1, -0.05) is 31.4 Å². The highest BCUT2D eigenvalue weighted by Gasteiger charge is 2.49. The molecule has 0 saturated heterocycles. The van der Waals surface area contributed by atoms with Gasteiger partial charge in [-0.3, -0.25) is 14.5 Å². The average Bonchev–Trinajstić information content (AvgIpc) is 3.33. The number of amides is 2. The number of fused-ring (bicyclic) bond motifs is 3. The first-order chi connectivity index (χ1) is 14.9. The third-order valence-corrected chi connectivity index (χ3v) is 8.01. The molecule has 2 aromatic heterocycles. The summed E-state index contributed by atoms with van der Waals surface area (Å²) in [6.45, 7) is 4.49.